The van der Waals surface area contributed by atoms with Gasteiger partial charge in [0.05, 0.1) is 10.5 Å². The summed E-state index contributed by atoms with van der Waals surface area (Å²) in [5.74, 6) is -0.372. The van der Waals surface area contributed by atoms with Crippen molar-refractivity contribution in [2.24, 2.45) is 0 Å². The second-order valence-electron chi connectivity index (χ2n) is 6.18. The maximum Gasteiger partial charge on any atom is 0.327 e. The monoisotopic (exact) mass is 304 g/mol. The van der Waals surface area contributed by atoms with Gasteiger partial charge in [0.15, 0.2) is 0 Å². The standard InChI is InChI=1S/C16H20N2O4/c1-16(2,3)22-15(19)13-10-11(8-9-17-13)12-6-4-5-7-14(12)18(20)21/h4-7,10,13,17H,8-9H2,1-3H3. The molecule has 0 amide bonds. The molecular formula is C16H20N2O4. The second kappa shape index (κ2) is 6.27. The third-order valence-corrected chi connectivity index (χ3v) is 3.23. The first-order valence-corrected chi connectivity index (χ1v) is 7.18. The number of rotatable bonds is 3. The molecule has 1 aliphatic rings. The van der Waals surface area contributed by atoms with E-state index in [9.17, 15) is 14.9 Å². The average Bonchev–Trinajstić information content (AvgIpc) is 2.45. The minimum atomic E-state index is -0.581. The molecule has 0 fully saturated rings. The molecule has 0 spiro atoms. The van der Waals surface area contributed by atoms with Crippen molar-refractivity contribution in [2.75, 3.05) is 6.54 Å². The zero-order valence-electron chi connectivity index (χ0n) is 13.0. The Morgan fingerprint density at radius 1 is 1.36 bits per heavy atom. The van der Waals surface area contributed by atoms with Crippen molar-refractivity contribution in [3.05, 3.63) is 46.0 Å². The Kier molecular flexibility index (Phi) is 4.61. The van der Waals surface area contributed by atoms with Gasteiger partial charge in [0.1, 0.15) is 11.6 Å². The van der Waals surface area contributed by atoms with Crippen molar-refractivity contribution >= 4 is 17.2 Å². The highest BCUT2D eigenvalue weighted by molar-refractivity contribution is 5.84. The molecule has 0 saturated carbocycles. The topological polar surface area (TPSA) is 81.5 Å². The van der Waals surface area contributed by atoms with Crippen LogP contribution in [-0.4, -0.2) is 29.1 Å². The number of carbonyl (C=O) groups excluding carboxylic acids is 1. The Morgan fingerprint density at radius 3 is 2.68 bits per heavy atom. The van der Waals surface area contributed by atoms with Crippen molar-refractivity contribution in [3.63, 3.8) is 0 Å². The first kappa shape index (κ1) is 16.2. The zero-order chi connectivity index (χ0) is 16.3. The number of nitro groups is 1. The third kappa shape index (κ3) is 3.92. The van der Waals surface area contributed by atoms with Crippen molar-refractivity contribution in [2.45, 2.75) is 38.8 Å². The minimum absolute atomic E-state index is 0.0542. The van der Waals surface area contributed by atoms with Crippen molar-refractivity contribution in [3.8, 4) is 0 Å². The quantitative estimate of drug-likeness (QED) is 0.527. The number of ether oxygens (including phenoxy) is 1. The molecule has 1 aliphatic heterocycles. The lowest BCUT2D eigenvalue weighted by molar-refractivity contribution is -0.385. The van der Waals surface area contributed by atoms with E-state index in [2.05, 4.69) is 5.32 Å². The van der Waals surface area contributed by atoms with E-state index in [0.717, 1.165) is 5.57 Å². The largest absolute Gasteiger partial charge is 0.459 e. The first-order valence-electron chi connectivity index (χ1n) is 7.18. The molecule has 1 heterocycles. The van der Waals surface area contributed by atoms with Crippen LogP contribution in [0, 0.1) is 10.1 Å². The zero-order valence-corrected chi connectivity index (χ0v) is 13.0. The number of nitrogens with one attached hydrogen (secondary N) is 1. The Labute approximate surface area is 129 Å². The molecule has 1 atom stereocenters. The van der Waals surface area contributed by atoms with Crippen LogP contribution in [0.25, 0.3) is 5.57 Å². The van der Waals surface area contributed by atoms with Gasteiger partial charge in [-0.2, -0.15) is 0 Å². The normalized spacial score (nSPS) is 18.5. The van der Waals surface area contributed by atoms with E-state index in [-0.39, 0.29) is 11.7 Å². The molecule has 6 heteroatoms. The van der Waals surface area contributed by atoms with Crippen molar-refractivity contribution < 1.29 is 14.5 Å². The van der Waals surface area contributed by atoms with Crippen LogP contribution >= 0.6 is 0 Å². The molecule has 118 valence electrons. The van der Waals surface area contributed by atoms with Gasteiger partial charge in [0, 0.05) is 12.6 Å². The number of benzene rings is 1. The maximum absolute atomic E-state index is 12.1. The van der Waals surface area contributed by atoms with E-state index >= 15 is 0 Å². The van der Waals surface area contributed by atoms with Gasteiger partial charge in [-0.25, -0.2) is 4.79 Å². The van der Waals surface area contributed by atoms with Gasteiger partial charge in [-0.05, 0) is 38.8 Å². The Morgan fingerprint density at radius 2 is 2.05 bits per heavy atom. The highest BCUT2D eigenvalue weighted by Gasteiger charge is 2.27. The van der Waals surface area contributed by atoms with Gasteiger partial charge in [-0.15, -0.1) is 0 Å². The highest BCUT2D eigenvalue weighted by Crippen LogP contribution is 2.29. The number of hydrogen-bond donors (Lipinski definition) is 1. The predicted molar refractivity (Wildman–Crippen MR) is 83.3 cm³/mol. The molecule has 1 N–H and O–H groups in total. The summed E-state index contributed by atoms with van der Waals surface area (Å²) in [4.78, 5) is 22.9. The Hall–Kier alpha value is -2.21. The molecule has 0 aromatic heterocycles. The van der Waals surface area contributed by atoms with Crippen LogP contribution in [0.1, 0.15) is 32.8 Å². The Bertz CT molecular complexity index is 617. The van der Waals surface area contributed by atoms with Crippen molar-refractivity contribution in [1.82, 2.24) is 5.32 Å². The van der Waals surface area contributed by atoms with E-state index in [1.807, 2.05) is 0 Å². The molecule has 0 saturated heterocycles. The van der Waals surface area contributed by atoms with Gasteiger partial charge < -0.3 is 10.1 Å². The Balaban J connectivity index is 2.29. The molecule has 22 heavy (non-hydrogen) atoms. The van der Waals surface area contributed by atoms with Crippen LogP contribution in [0.15, 0.2) is 30.3 Å². The van der Waals surface area contributed by atoms with Crippen molar-refractivity contribution in [1.29, 1.82) is 0 Å². The molecule has 1 unspecified atom stereocenters. The summed E-state index contributed by atoms with van der Waals surface area (Å²) in [6.07, 6.45) is 2.35. The van der Waals surface area contributed by atoms with Crippen LogP contribution in [0.2, 0.25) is 0 Å². The summed E-state index contributed by atoms with van der Waals surface area (Å²) in [6, 6.07) is 5.99. The lowest BCUT2D eigenvalue weighted by Gasteiger charge is -2.26. The smallest absolute Gasteiger partial charge is 0.327 e. The number of para-hydroxylation sites is 1. The summed E-state index contributed by atoms with van der Waals surface area (Å²) in [6.45, 7) is 5.99. The molecule has 0 radical (unpaired) electrons. The minimum Gasteiger partial charge on any atom is -0.459 e. The summed E-state index contributed by atoms with van der Waals surface area (Å²) in [5, 5.41) is 14.2. The second-order valence-corrected chi connectivity index (χ2v) is 6.18. The average molecular weight is 304 g/mol. The molecule has 1 aromatic carbocycles. The fourth-order valence-corrected chi connectivity index (χ4v) is 2.35. The number of carbonyl (C=O) groups is 1. The van der Waals surface area contributed by atoms with E-state index in [4.69, 9.17) is 4.74 Å². The molecule has 1 aromatic rings. The fraction of sp³-hybridized carbons (Fsp3) is 0.438. The van der Waals surface area contributed by atoms with E-state index in [1.54, 1.807) is 45.0 Å². The summed E-state index contributed by atoms with van der Waals surface area (Å²) in [5.41, 5.74) is 0.839. The number of nitrogens with zero attached hydrogens (tertiary/aromatic N) is 1. The van der Waals surface area contributed by atoms with Gasteiger partial charge in [0.25, 0.3) is 5.69 Å². The lowest BCUT2D eigenvalue weighted by Crippen LogP contribution is -2.42. The molecule has 2 rings (SSSR count). The summed E-state index contributed by atoms with van der Waals surface area (Å²) >= 11 is 0. The molecule has 0 bridgehead atoms. The molecule has 0 aliphatic carbocycles. The first-order chi connectivity index (χ1) is 10.3. The molecule has 6 nitrogen and oxygen atoms in total. The van der Waals surface area contributed by atoms with Crippen LogP contribution in [-0.2, 0) is 9.53 Å². The highest BCUT2D eigenvalue weighted by atomic mass is 16.6. The predicted octanol–water partition coefficient (Wildman–Crippen LogP) is 2.68. The van der Waals surface area contributed by atoms with Gasteiger partial charge in [-0.1, -0.05) is 18.2 Å². The number of hydrogen-bond acceptors (Lipinski definition) is 5. The fourth-order valence-electron chi connectivity index (χ4n) is 2.35. The van der Waals surface area contributed by atoms with E-state index in [0.29, 0.717) is 18.5 Å². The number of esters is 1. The summed E-state index contributed by atoms with van der Waals surface area (Å²) < 4.78 is 5.36. The molecular weight excluding hydrogens is 284 g/mol. The third-order valence-electron chi connectivity index (χ3n) is 3.23. The van der Waals surface area contributed by atoms with Gasteiger partial charge in [-0.3, -0.25) is 10.1 Å². The van der Waals surface area contributed by atoms with E-state index in [1.165, 1.54) is 6.07 Å². The number of nitro benzene ring substituents is 1. The van der Waals surface area contributed by atoms with Gasteiger partial charge >= 0.3 is 5.97 Å². The van der Waals surface area contributed by atoms with Crippen LogP contribution in [0.4, 0.5) is 5.69 Å². The van der Waals surface area contributed by atoms with E-state index < -0.39 is 16.6 Å². The maximum atomic E-state index is 12.1. The van der Waals surface area contributed by atoms with Crippen LogP contribution in [0.5, 0.6) is 0 Å². The SMILES string of the molecule is CC(C)(C)OC(=O)C1C=C(c2ccccc2[N+](=O)[O-])CCN1. The summed E-state index contributed by atoms with van der Waals surface area (Å²) in [7, 11) is 0. The van der Waals surface area contributed by atoms with Crippen LogP contribution < -0.4 is 5.32 Å². The van der Waals surface area contributed by atoms with Gasteiger partial charge in [0.2, 0.25) is 0 Å². The lowest BCUT2D eigenvalue weighted by atomic mass is 9.95. The van der Waals surface area contributed by atoms with Crippen LogP contribution in [0.3, 0.4) is 0 Å².